The number of carbonyl (C=O) groups excluding carboxylic acids is 1. The molecule has 3 aromatic heterocycles. The molecule has 0 saturated heterocycles. The highest BCUT2D eigenvalue weighted by molar-refractivity contribution is 7.99. The molecule has 7 atom stereocenters. The molecule has 228 valence electrons. The lowest BCUT2D eigenvalue weighted by Gasteiger charge is -2.60. The molecule has 4 aromatic rings. The number of aliphatic hydroxyl groups excluding tert-OH is 1. The summed E-state index contributed by atoms with van der Waals surface area (Å²) in [5.74, 6) is 0.319. The van der Waals surface area contributed by atoms with E-state index in [0.29, 0.717) is 29.3 Å². The van der Waals surface area contributed by atoms with E-state index >= 15 is 0 Å². The molecular formula is C35H38N4O4S. The Morgan fingerprint density at radius 1 is 1.18 bits per heavy atom. The number of aliphatic hydroxyl groups is 2. The Morgan fingerprint density at radius 2 is 2.02 bits per heavy atom. The minimum Gasteiger partial charge on any atom is -0.430 e. The van der Waals surface area contributed by atoms with E-state index in [2.05, 4.69) is 65.8 Å². The summed E-state index contributed by atoms with van der Waals surface area (Å²) in [5.41, 5.74) is 4.72. The van der Waals surface area contributed by atoms with E-state index in [1.807, 2.05) is 6.20 Å². The standard InChI is InChI=1S/C35H38N4O4S/c1-20-7-4-5-8-25(20)39-26-15-22-10-11-23-24-12-13-35(42,29(41)19-44-32-38-31-28(43-32)9-6-14-36-31)34(24,3)17-27(40)30(23)33(22,2)16-21(26)18-37-39/h4-9,14-15,18,23-24,27,30,40,42H,10-13,16-17,19H2,1-3H3. The number of rotatable bonds is 5. The van der Waals surface area contributed by atoms with E-state index in [0.717, 1.165) is 37.1 Å². The number of hydrogen-bond donors (Lipinski definition) is 2. The van der Waals surface area contributed by atoms with Crippen LogP contribution in [0.2, 0.25) is 0 Å². The maximum Gasteiger partial charge on any atom is 0.258 e. The molecule has 0 spiro atoms. The van der Waals surface area contributed by atoms with Crippen molar-refractivity contribution in [2.24, 2.45) is 28.6 Å². The molecule has 3 saturated carbocycles. The lowest BCUT2D eigenvalue weighted by Crippen LogP contribution is -2.62. The summed E-state index contributed by atoms with van der Waals surface area (Å²) in [6, 6.07) is 11.9. The summed E-state index contributed by atoms with van der Waals surface area (Å²) in [6.07, 6.45) is 9.73. The van der Waals surface area contributed by atoms with Gasteiger partial charge in [-0.2, -0.15) is 10.1 Å². The number of benzene rings is 1. The zero-order chi connectivity index (χ0) is 30.4. The third-order valence-corrected chi connectivity index (χ3v) is 12.7. The van der Waals surface area contributed by atoms with Gasteiger partial charge in [0, 0.05) is 11.6 Å². The predicted molar refractivity (Wildman–Crippen MR) is 168 cm³/mol. The van der Waals surface area contributed by atoms with Crippen LogP contribution in [0, 0.1) is 35.5 Å². The minimum absolute atomic E-state index is 0.0636. The van der Waals surface area contributed by atoms with Crippen LogP contribution in [-0.2, 0) is 11.2 Å². The Hall–Kier alpha value is -3.27. The minimum atomic E-state index is -1.49. The number of fused-ring (bicyclic) bond motifs is 7. The largest absolute Gasteiger partial charge is 0.430 e. The molecule has 7 unspecified atom stereocenters. The Kier molecular flexibility index (Phi) is 6.33. The molecule has 3 heterocycles. The smallest absolute Gasteiger partial charge is 0.258 e. The number of aromatic nitrogens is 4. The van der Waals surface area contributed by atoms with Gasteiger partial charge in [0.05, 0.1) is 29.4 Å². The molecule has 4 aliphatic carbocycles. The Bertz CT molecular complexity index is 1800. The molecule has 9 heteroatoms. The second-order valence-electron chi connectivity index (χ2n) is 14.0. The molecule has 8 nitrogen and oxygen atoms in total. The molecule has 0 radical (unpaired) electrons. The van der Waals surface area contributed by atoms with E-state index in [9.17, 15) is 15.0 Å². The van der Waals surface area contributed by atoms with E-state index in [-0.39, 0.29) is 34.7 Å². The summed E-state index contributed by atoms with van der Waals surface area (Å²) in [6.45, 7) is 6.49. The molecule has 2 N–H and O–H groups in total. The number of oxazole rings is 1. The molecule has 3 fully saturated rings. The van der Waals surface area contributed by atoms with Crippen molar-refractivity contribution in [3.63, 3.8) is 0 Å². The first-order chi connectivity index (χ1) is 21.1. The van der Waals surface area contributed by atoms with Crippen LogP contribution in [-0.4, -0.2) is 53.2 Å². The van der Waals surface area contributed by atoms with Gasteiger partial charge in [0.2, 0.25) is 0 Å². The number of carbonyl (C=O) groups is 1. The third kappa shape index (κ3) is 3.91. The van der Waals surface area contributed by atoms with Crippen molar-refractivity contribution in [2.75, 3.05) is 5.75 Å². The number of pyridine rings is 1. The average Bonchev–Trinajstić information content (AvgIpc) is 3.68. The number of Topliss-reactive ketones (excluding diaryl/α,β-unsaturated/α-hetero) is 1. The van der Waals surface area contributed by atoms with Gasteiger partial charge in [-0.05, 0) is 104 Å². The quantitative estimate of drug-likeness (QED) is 0.266. The molecule has 0 aliphatic heterocycles. The van der Waals surface area contributed by atoms with Gasteiger partial charge in [0.1, 0.15) is 5.60 Å². The fraction of sp³-hybridized carbons (Fsp3) is 0.486. The van der Waals surface area contributed by atoms with Gasteiger partial charge in [-0.15, -0.1) is 0 Å². The van der Waals surface area contributed by atoms with Gasteiger partial charge < -0.3 is 14.6 Å². The van der Waals surface area contributed by atoms with Crippen LogP contribution >= 0.6 is 11.8 Å². The van der Waals surface area contributed by atoms with E-state index in [4.69, 9.17) is 9.52 Å². The molecule has 8 rings (SSSR count). The van der Waals surface area contributed by atoms with Gasteiger partial charge in [0.15, 0.2) is 17.0 Å². The first-order valence-electron chi connectivity index (χ1n) is 15.7. The van der Waals surface area contributed by atoms with Crippen LogP contribution in [0.1, 0.15) is 62.8 Å². The van der Waals surface area contributed by atoms with Crippen molar-refractivity contribution in [1.29, 1.82) is 0 Å². The first-order valence-corrected chi connectivity index (χ1v) is 16.7. The highest BCUT2D eigenvalue weighted by atomic mass is 32.2. The molecule has 1 aromatic carbocycles. The lowest BCUT2D eigenvalue weighted by atomic mass is 9.45. The van der Waals surface area contributed by atoms with Gasteiger partial charge in [-0.1, -0.05) is 49.4 Å². The lowest BCUT2D eigenvalue weighted by molar-refractivity contribution is -0.177. The van der Waals surface area contributed by atoms with Crippen LogP contribution in [0.5, 0.6) is 0 Å². The number of aryl methyl sites for hydroxylation is 1. The summed E-state index contributed by atoms with van der Waals surface area (Å²) < 4.78 is 7.82. The van der Waals surface area contributed by atoms with Crippen molar-refractivity contribution >= 4 is 34.9 Å². The highest BCUT2D eigenvalue weighted by Crippen LogP contribution is 2.67. The number of hydrogen-bond acceptors (Lipinski definition) is 8. The van der Waals surface area contributed by atoms with E-state index in [1.165, 1.54) is 28.5 Å². The second kappa shape index (κ2) is 9.86. The summed E-state index contributed by atoms with van der Waals surface area (Å²) in [5, 5.41) is 29.3. The fourth-order valence-electron chi connectivity index (χ4n) is 9.70. The Morgan fingerprint density at radius 3 is 2.84 bits per heavy atom. The highest BCUT2D eigenvalue weighted by Gasteiger charge is 2.68. The van der Waals surface area contributed by atoms with Gasteiger partial charge in [-0.3, -0.25) is 4.79 Å². The maximum absolute atomic E-state index is 13.8. The van der Waals surface area contributed by atoms with Crippen LogP contribution in [0.3, 0.4) is 0 Å². The number of nitrogens with zero attached hydrogens (tertiary/aromatic N) is 4. The van der Waals surface area contributed by atoms with Crippen LogP contribution < -0.4 is 0 Å². The Balaban J connectivity index is 1.06. The van der Waals surface area contributed by atoms with Crippen LogP contribution in [0.15, 0.2) is 64.0 Å². The van der Waals surface area contributed by atoms with Crippen LogP contribution in [0.25, 0.3) is 23.0 Å². The van der Waals surface area contributed by atoms with Crippen molar-refractivity contribution in [3.8, 4) is 5.69 Å². The van der Waals surface area contributed by atoms with Crippen molar-refractivity contribution in [2.45, 2.75) is 76.2 Å². The molecule has 0 bridgehead atoms. The molecule has 4 aliphatic rings. The van der Waals surface area contributed by atoms with Gasteiger partial charge >= 0.3 is 0 Å². The van der Waals surface area contributed by atoms with Crippen molar-refractivity contribution < 1.29 is 19.4 Å². The monoisotopic (exact) mass is 610 g/mol. The SMILES string of the molecule is Cc1ccccc1-n1ncc2c1C=C1CCC3C(C(O)CC4(C)C3CCC4(O)C(=O)CSc3nc4ncccc4o3)C1(C)C2. The topological polar surface area (TPSA) is 114 Å². The summed E-state index contributed by atoms with van der Waals surface area (Å²) in [4.78, 5) is 22.4. The Labute approximate surface area is 261 Å². The summed E-state index contributed by atoms with van der Waals surface area (Å²) in [7, 11) is 0. The van der Waals surface area contributed by atoms with Crippen molar-refractivity contribution in [3.05, 3.63) is 71.2 Å². The number of thioether (sulfide) groups is 1. The predicted octanol–water partition coefficient (Wildman–Crippen LogP) is 5.96. The van der Waals surface area contributed by atoms with Crippen molar-refractivity contribution in [1.82, 2.24) is 19.7 Å². The maximum atomic E-state index is 13.8. The third-order valence-electron chi connectivity index (χ3n) is 11.9. The van der Waals surface area contributed by atoms with Gasteiger partial charge in [0.25, 0.3) is 5.22 Å². The molecule has 0 amide bonds. The average molecular weight is 611 g/mol. The molecular weight excluding hydrogens is 572 g/mol. The number of ketones is 1. The zero-order valence-electron chi connectivity index (χ0n) is 25.4. The second-order valence-corrected chi connectivity index (χ2v) is 14.9. The fourth-order valence-corrected chi connectivity index (χ4v) is 10.5. The molecule has 44 heavy (non-hydrogen) atoms. The van der Waals surface area contributed by atoms with Crippen LogP contribution in [0.4, 0.5) is 0 Å². The normalized spacial score (nSPS) is 34.2. The van der Waals surface area contributed by atoms with Gasteiger partial charge in [-0.25, -0.2) is 9.67 Å². The number of para-hydroxylation sites is 1. The first kappa shape index (κ1) is 28.2. The summed E-state index contributed by atoms with van der Waals surface area (Å²) >= 11 is 1.21. The van der Waals surface area contributed by atoms with E-state index < -0.39 is 17.1 Å². The zero-order valence-corrected chi connectivity index (χ0v) is 26.2. The van der Waals surface area contributed by atoms with E-state index in [1.54, 1.807) is 18.3 Å². The number of allylic oxidation sites excluding steroid dienone is 1.